The summed E-state index contributed by atoms with van der Waals surface area (Å²) in [6, 6.07) is 5.38. The van der Waals surface area contributed by atoms with Crippen molar-refractivity contribution in [2.75, 3.05) is 5.32 Å². The molecule has 0 amide bonds. The third kappa shape index (κ3) is 1.77. The Bertz CT molecular complexity index is 495. The fraction of sp³-hybridized carbons (Fsp3) is 0.500. The molecule has 1 saturated carbocycles. The van der Waals surface area contributed by atoms with Crippen LogP contribution in [-0.2, 0) is 0 Å². The summed E-state index contributed by atoms with van der Waals surface area (Å²) in [6.45, 7) is 8.70. The highest BCUT2D eigenvalue weighted by Crippen LogP contribution is 2.63. The highest BCUT2D eigenvalue weighted by atomic mass is 35.5. The minimum absolute atomic E-state index is 0.144. The molecule has 1 aromatic carbocycles. The average molecular weight is 268 g/mol. The van der Waals surface area contributed by atoms with Gasteiger partial charge in [0.25, 0.3) is 0 Å². The maximum Gasteiger partial charge on any atom is 0.339 e. The second-order valence-electron chi connectivity index (χ2n) is 5.99. The van der Waals surface area contributed by atoms with E-state index in [0.717, 1.165) is 0 Å². The largest absolute Gasteiger partial charge is 0.478 e. The Labute approximate surface area is 112 Å². The summed E-state index contributed by atoms with van der Waals surface area (Å²) in [6.07, 6.45) is 0. The topological polar surface area (TPSA) is 49.3 Å². The molecular weight excluding hydrogens is 250 g/mol. The number of carboxylic acids is 1. The van der Waals surface area contributed by atoms with Crippen LogP contribution in [-0.4, -0.2) is 17.1 Å². The first-order valence-electron chi connectivity index (χ1n) is 5.98. The van der Waals surface area contributed by atoms with Crippen LogP contribution in [0.1, 0.15) is 38.1 Å². The summed E-state index contributed by atoms with van der Waals surface area (Å²) in [7, 11) is 0. The average Bonchev–Trinajstić information content (AvgIpc) is 2.60. The third-order valence-corrected chi connectivity index (χ3v) is 4.86. The van der Waals surface area contributed by atoms with Crippen LogP contribution < -0.4 is 5.32 Å². The highest BCUT2D eigenvalue weighted by Gasteiger charge is 2.65. The molecule has 4 heteroatoms. The third-order valence-electron chi connectivity index (χ3n) is 4.55. The molecule has 3 nitrogen and oxygen atoms in total. The molecule has 1 aliphatic carbocycles. The van der Waals surface area contributed by atoms with Gasteiger partial charge in [0.1, 0.15) is 5.56 Å². The van der Waals surface area contributed by atoms with Gasteiger partial charge >= 0.3 is 5.97 Å². The van der Waals surface area contributed by atoms with E-state index in [1.807, 2.05) is 0 Å². The fourth-order valence-corrected chi connectivity index (χ4v) is 2.83. The Morgan fingerprint density at radius 3 is 2.28 bits per heavy atom. The molecule has 1 aliphatic rings. The lowest BCUT2D eigenvalue weighted by molar-refractivity contribution is 0.0698. The normalized spacial score (nSPS) is 20.5. The summed E-state index contributed by atoms with van der Waals surface area (Å²) in [5.41, 5.74) is 1.03. The van der Waals surface area contributed by atoms with E-state index >= 15 is 0 Å². The van der Waals surface area contributed by atoms with Gasteiger partial charge in [-0.05, 0) is 23.0 Å². The van der Waals surface area contributed by atoms with Crippen molar-refractivity contribution in [3.63, 3.8) is 0 Å². The first kappa shape index (κ1) is 13.2. The Hall–Kier alpha value is -1.22. The van der Waals surface area contributed by atoms with Gasteiger partial charge in [-0.3, -0.25) is 0 Å². The quantitative estimate of drug-likeness (QED) is 0.874. The molecule has 0 aromatic heterocycles. The van der Waals surface area contributed by atoms with Gasteiger partial charge in [0.05, 0.1) is 10.7 Å². The first-order valence-corrected chi connectivity index (χ1v) is 6.35. The van der Waals surface area contributed by atoms with Gasteiger partial charge in [-0.15, -0.1) is 0 Å². The van der Waals surface area contributed by atoms with Crippen LogP contribution >= 0.6 is 11.6 Å². The van der Waals surface area contributed by atoms with Gasteiger partial charge in [0.15, 0.2) is 0 Å². The summed E-state index contributed by atoms with van der Waals surface area (Å²) >= 11 is 5.95. The number of anilines is 1. The van der Waals surface area contributed by atoms with Crippen molar-refractivity contribution in [3.05, 3.63) is 28.8 Å². The molecule has 2 rings (SSSR count). The van der Waals surface area contributed by atoms with Crippen LogP contribution in [0.4, 0.5) is 5.69 Å². The molecule has 0 bridgehead atoms. The molecule has 98 valence electrons. The molecular formula is C14H18ClNO2. The predicted molar refractivity (Wildman–Crippen MR) is 73.4 cm³/mol. The zero-order chi connectivity index (χ0) is 13.7. The minimum Gasteiger partial charge on any atom is -0.478 e. The van der Waals surface area contributed by atoms with E-state index in [1.54, 1.807) is 18.2 Å². The molecule has 0 saturated heterocycles. The molecule has 0 atom stereocenters. The Kier molecular flexibility index (Phi) is 2.85. The van der Waals surface area contributed by atoms with E-state index in [1.165, 1.54) is 0 Å². The molecule has 0 spiro atoms. The second kappa shape index (κ2) is 3.89. The van der Waals surface area contributed by atoms with Gasteiger partial charge in [-0.1, -0.05) is 45.4 Å². The van der Waals surface area contributed by atoms with Crippen LogP contribution in [0.3, 0.4) is 0 Å². The van der Waals surface area contributed by atoms with E-state index in [2.05, 4.69) is 33.0 Å². The molecule has 0 aliphatic heterocycles. The number of carboxylic acid groups (broad SMARTS) is 1. The zero-order valence-corrected chi connectivity index (χ0v) is 11.8. The molecule has 2 N–H and O–H groups in total. The van der Waals surface area contributed by atoms with Crippen molar-refractivity contribution in [2.24, 2.45) is 10.8 Å². The molecule has 1 fully saturated rings. The lowest BCUT2D eigenvalue weighted by atomic mass is 10.0. The van der Waals surface area contributed by atoms with Crippen LogP contribution in [0.25, 0.3) is 0 Å². The standard InChI is InChI=1S/C14H18ClNO2/c1-13(2)12(14(13,3)4)16-9-7-5-6-8(15)10(9)11(17)18/h5-7,12,16H,1-4H3,(H,17,18). The highest BCUT2D eigenvalue weighted by molar-refractivity contribution is 6.34. The molecule has 1 aromatic rings. The van der Waals surface area contributed by atoms with Crippen LogP contribution in [0, 0.1) is 10.8 Å². The van der Waals surface area contributed by atoms with Gasteiger partial charge in [-0.2, -0.15) is 0 Å². The van der Waals surface area contributed by atoms with E-state index in [0.29, 0.717) is 5.69 Å². The Balaban J connectivity index is 2.32. The van der Waals surface area contributed by atoms with Gasteiger partial charge < -0.3 is 10.4 Å². The summed E-state index contributed by atoms with van der Waals surface area (Å²) in [5, 5.41) is 12.8. The van der Waals surface area contributed by atoms with Gasteiger partial charge in [-0.25, -0.2) is 4.79 Å². The first-order chi connectivity index (χ1) is 8.19. The van der Waals surface area contributed by atoms with Crippen LogP contribution in [0.15, 0.2) is 18.2 Å². The van der Waals surface area contributed by atoms with Crippen LogP contribution in [0.2, 0.25) is 5.02 Å². The lowest BCUT2D eigenvalue weighted by Crippen LogP contribution is -2.13. The molecule has 18 heavy (non-hydrogen) atoms. The number of carbonyl (C=O) groups is 1. The Morgan fingerprint density at radius 1 is 1.28 bits per heavy atom. The summed E-state index contributed by atoms with van der Waals surface area (Å²) < 4.78 is 0. The molecule has 0 heterocycles. The zero-order valence-electron chi connectivity index (χ0n) is 11.0. The number of rotatable bonds is 3. The van der Waals surface area contributed by atoms with Crippen molar-refractivity contribution in [1.82, 2.24) is 0 Å². The maximum atomic E-state index is 11.2. The summed E-state index contributed by atoms with van der Waals surface area (Å²) in [5.74, 6) is -1.00. The second-order valence-corrected chi connectivity index (χ2v) is 6.40. The van der Waals surface area contributed by atoms with Crippen molar-refractivity contribution < 1.29 is 9.90 Å². The van der Waals surface area contributed by atoms with Crippen LogP contribution in [0.5, 0.6) is 0 Å². The number of hydrogen-bond donors (Lipinski definition) is 2. The smallest absolute Gasteiger partial charge is 0.339 e. The molecule has 0 unspecified atom stereocenters. The number of hydrogen-bond acceptors (Lipinski definition) is 2. The monoisotopic (exact) mass is 267 g/mol. The van der Waals surface area contributed by atoms with E-state index in [9.17, 15) is 9.90 Å². The van der Waals surface area contributed by atoms with E-state index in [4.69, 9.17) is 11.6 Å². The minimum atomic E-state index is -1.00. The van der Waals surface area contributed by atoms with Gasteiger partial charge in [0.2, 0.25) is 0 Å². The molecule has 0 radical (unpaired) electrons. The van der Waals surface area contributed by atoms with E-state index in [-0.39, 0.29) is 27.5 Å². The van der Waals surface area contributed by atoms with Crippen molar-refractivity contribution in [1.29, 1.82) is 0 Å². The van der Waals surface area contributed by atoms with E-state index < -0.39 is 5.97 Å². The number of nitrogens with one attached hydrogen (secondary N) is 1. The van der Waals surface area contributed by atoms with Crippen molar-refractivity contribution in [3.8, 4) is 0 Å². The SMILES string of the molecule is CC1(C)C(Nc2cccc(Cl)c2C(=O)O)C1(C)C. The summed E-state index contributed by atoms with van der Waals surface area (Å²) in [4.78, 5) is 11.2. The van der Waals surface area contributed by atoms with Crippen molar-refractivity contribution in [2.45, 2.75) is 33.7 Å². The fourth-order valence-electron chi connectivity index (χ4n) is 2.57. The van der Waals surface area contributed by atoms with Crippen molar-refractivity contribution >= 4 is 23.3 Å². The number of benzene rings is 1. The Morgan fingerprint density at radius 2 is 1.83 bits per heavy atom. The maximum absolute atomic E-state index is 11.2. The number of halogens is 1. The predicted octanol–water partition coefficient (Wildman–Crippen LogP) is 3.88. The number of aromatic carboxylic acids is 1. The lowest BCUT2D eigenvalue weighted by Gasteiger charge is -2.12. The van der Waals surface area contributed by atoms with Gasteiger partial charge in [0, 0.05) is 6.04 Å².